The molecule has 1 saturated carbocycles. The molecule has 0 N–H and O–H groups in total. The Hall–Kier alpha value is -3.64. The zero-order valence-corrected chi connectivity index (χ0v) is 24.9. The fourth-order valence-electron chi connectivity index (χ4n) is 5.59. The van der Waals surface area contributed by atoms with Crippen LogP contribution in [0.15, 0.2) is 41.5 Å². The Morgan fingerprint density at radius 1 is 1.07 bits per heavy atom. The summed E-state index contributed by atoms with van der Waals surface area (Å²) in [6, 6.07) is 10.6. The van der Waals surface area contributed by atoms with E-state index in [2.05, 4.69) is 14.9 Å². The first-order chi connectivity index (χ1) is 18.6. The van der Waals surface area contributed by atoms with Crippen molar-refractivity contribution in [2.75, 3.05) is 31.1 Å². The summed E-state index contributed by atoms with van der Waals surface area (Å²) in [5.74, 6) is 0.948. The highest BCUT2D eigenvalue weighted by Crippen LogP contribution is 2.53. The first-order valence-electron chi connectivity index (χ1n) is 13.3. The average Bonchev–Trinajstić information content (AvgIpc) is 2.89. The predicted octanol–water partition coefficient (Wildman–Crippen LogP) is 5.76. The number of ether oxygens (including phenoxy) is 2. The molecule has 1 saturated heterocycles. The summed E-state index contributed by atoms with van der Waals surface area (Å²) >= 11 is 6.18. The lowest BCUT2D eigenvalue weighted by Crippen LogP contribution is -2.67. The minimum Gasteiger partial charge on any atom is -0.488 e. The molecule has 0 bridgehead atoms. The molecule has 1 aliphatic heterocycles. The molecule has 2 aliphatic rings. The number of rotatable bonds is 4. The van der Waals surface area contributed by atoms with Gasteiger partial charge in [-0.1, -0.05) is 39.3 Å². The summed E-state index contributed by atoms with van der Waals surface area (Å²) in [5.41, 5.74) is 0.00678. The lowest BCUT2D eigenvalue weighted by atomic mass is 9.51. The maximum absolute atomic E-state index is 13.1. The van der Waals surface area contributed by atoms with Crippen LogP contribution in [-0.4, -0.2) is 65.5 Å². The Morgan fingerprint density at radius 2 is 1.73 bits per heavy atom. The summed E-state index contributed by atoms with van der Waals surface area (Å²) in [6.45, 7) is 15.9. The van der Waals surface area contributed by atoms with Gasteiger partial charge in [0.25, 0.3) is 5.91 Å². The number of benzene rings is 1. The van der Waals surface area contributed by atoms with Crippen molar-refractivity contribution >= 4 is 35.1 Å². The molecule has 2 fully saturated rings. The Morgan fingerprint density at radius 3 is 2.25 bits per heavy atom. The molecule has 2 heterocycles. The molecule has 2 amide bonds. The van der Waals surface area contributed by atoms with Crippen LogP contribution in [0.25, 0.3) is 0 Å². The molecule has 1 aromatic heterocycles. The summed E-state index contributed by atoms with van der Waals surface area (Å²) in [6.07, 6.45) is 0.985. The van der Waals surface area contributed by atoms with Crippen molar-refractivity contribution in [1.29, 1.82) is 5.26 Å². The molecule has 10 heteroatoms. The van der Waals surface area contributed by atoms with Crippen LogP contribution < -0.4 is 9.64 Å². The third-order valence-electron chi connectivity index (χ3n) is 7.31. The zero-order valence-electron chi connectivity index (χ0n) is 24.1. The third kappa shape index (κ3) is 5.92. The van der Waals surface area contributed by atoms with E-state index in [1.807, 2.05) is 60.6 Å². The number of amides is 2. The van der Waals surface area contributed by atoms with E-state index in [9.17, 15) is 9.59 Å². The second-order valence-corrected chi connectivity index (χ2v) is 12.7. The second kappa shape index (κ2) is 10.7. The predicted molar refractivity (Wildman–Crippen MR) is 154 cm³/mol. The van der Waals surface area contributed by atoms with E-state index < -0.39 is 16.4 Å². The Balaban J connectivity index is 1.40. The van der Waals surface area contributed by atoms with E-state index in [4.69, 9.17) is 26.3 Å². The lowest BCUT2D eigenvalue weighted by Gasteiger charge is -2.57. The van der Waals surface area contributed by atoms with Gasteiger partial charge in [0, 0.05) is 55.0 Å². The number of halogens is 1. The molecule has 40 heavy (non-hydrogen) atoms. The zero-order chi connectivity index (χ0) is 29.5. The standard InChI is InChI=1S/C30H36ClN5O4/c1-28(2,3)40-27(38)36-14-12-35(13-15-36)23-11-9-20(18-33-23)24(37)34-25-29(4,5)26(30(25,6)7)39-21-10-8-19(17-32)22(31)16-21/h8-11,16,18,26H,12-15H2,1-7H3. The maximum Gasteiger partial charge on any atom is 0.410 e. The van der Waals surface area contributed by atoms with Gasteiger partial charge in [0.2, 0.25) is 0 Å². The van der Waals surface area contributed by atoms with Crippen molar-refractivity contribution < 1.29 is 19.1 Å². The van der Waals surface area contributed by atoms with Crippen LogP contribution in [0.2, 0.25) is 5.02 Å². The van der Waals surface area contributed by atoms with Gasteiger partial charge in [0.1, 0.15) is 29.3 Å². The van der Waals surface area contributed by atoms with Crippen molar-refractivity contribution in [3.05, 3.63) is 52.7 Å². The Labute approximate surface area is 240 Å². The molecular formula is C30H36ClN5O4. The number of aromatic nitrogens is 1. The van der Waals surface area contributed by atoms with Crippen LogP contribution >= 0.6 is 11.6 Å². The third-order valence-corrected chi connectivity index (χ3v) is 7.62. The number of aliphatic imine (C=N–C) groups is 1. The molecule has 212 valence electrons. The van der Waals surface area contributed by atoms with Gasteiger partial charge in [-0.2, -0.15) is 5.26 Å². The van der Waals surface area contributed by atoms with Gasteiger partial charge in [-0.05, 0) is 45.0 Å². The van der Waals surface area contributed by atoms with Gasteiger partial charge in [-0.25, -0.2) is 14.8 Å². The van der Waals surface area contributed by atoms with Crippen LogP contribution in [0.3, 0.4) is 0 Å². The topological polar surface area (TPSA) is 108 Å². The SMILES string of the molecule is CC(C)(C)OC(=O)N1CCN(c2ccc(C(=O)N=C3C(C)(C)C(Oc4ccc(C#N)c(Cl)c4)C3(C)C)cn2)CC1. The van der Waals surface area contributed by atoms with E-state index >= 15 is 0 Å². The number of anilines is 1. The van der Waals surface area contributed by atoms with Crippen molar-refractivity contribution in [3.8, 4) is 11.8 Å². The summed E-state index contributed by atoms with van der Waals surface area (Å²) in [4.78, 5) is 38.3. The van der Waals surface area contributed by atoms with Gasteiger partial charge < -0.3 is 19.3 Å². The van der Waals surface area contributed by atoms with E-state index in [-0.39, 0.29) is 18.1 Å². The second-order valence-electron chi connectivity index (χ2n) is 12.3. The first kappa shape index (κ1) is 29.3. The number of hydrogen-bond donors (Lipinski definition) is 0. The van der Waals surface area contributed by atoms with E-state index in [0.717, 1.165) is 11.5 Å². The molecular weight excluding hydrogens is 530 g/mol. The number of piperazine rings is 1. The molecule has 1 aromatic carbocycles. The number of nitrogens with zero attached hydrogens (tertiary/aromatic N) is 5. The Kier molecular flexibility index (Phi) is 7.88. The highest BCUT2D eigenvalue weighted by atomic mass is 35.5. The fourth-order valence-corrected chi connectivity index (χ4v) is 5.80. The van der Waals surface area contributed by atoms with Crippen molar-refractivity contribution in [2.45, 2.75) is 60.2 Å². The van der Waals surface area contributed by atoms with E-state index in [1.54, 1.807) is 35.4 Å². The maximum atomic E-state index is 13.1. The van der Waals surface area contributed by atoms with Crippen molar-refractivity contribution in [1.82, 2.24) is 9.88 Å². The van der Waals surface area contributed by atoms with Crippen LogP contribution in [0, 0.1) is 22.2 Å². The summed E-state index contributed by atoms with van der Waals surface area (Å²) < 4.78 is 11.7. The summed E-state index contributed by atoms with van der Waals surface area (Å²) in [5, 5.41) is 9.45. The molecule has 0 spiro atoms. The molecule has 0 unspecified atom stereocenters. The molecule has 0 radical (unpaired) electrons. The molecule has 4 rings (SSSR count). The molecule has 9 nitrogen and oxygen atoms in total. The number of nitriles is 1. The monoisotopic (exact) mass is 565 g/mol. The molecule has 1 aliphatic carbocycles. The van der Waals surface area contributed by atoms with Crippen LogP contribution in [0.4, 0.5) is 10.6 Å². The van der Waals surface area contributed by atoms with Crippen LogP contribution in [0.5, 0.6) is 5.75 Å². The number of carbonyl (C=O) groups is 2. The quantitative estimate of drug-likeness (QED) is 0.464. The van der Waals surface area contributed by atoms with Gasteiger partial charge in [0.15, 0.2) is 0 Å². The first-order valence-corrected chi connectivity index (χ1v) is 13.7. The largest absolute Gasteiger partial charge is 0.488 e. The van der Waals surface area contributed by atoms with Crippen molar-refractivity contribution in [3.63, 3.8) is 0 Å². The van der Waals surface area contributed by atoms with Gasteiger partial charge in [0.05, 0.1) is 16.1 Å². The van der Waals surface area contributed by atoms with Gasteiger partial charge >= 0.3 is 6.09 Å². The highest BCUT2D eigenvalue weighted by molar-refractivity contribution is 6.31. The average molecular weight is 566 g/mol. The highest BCUT2D eigenvalue weighted by Gasteiger charge is 2.61. The van der Waals surface area contributed by atoms with E-state index in [1.165, 1.54) is 0 Å². The normalized spacial score (nSPS) is 19.8. The van der Waals surface area contributed by atoms with E-state index in [0.29, 0.717) is 48.1 Å². The van der Waals surface area contributed by atoms with Crippen LogP contribution in [-0.2, 0) is 4.74 Å². The molecule has 0 atom stereocenters. The van der Waals surface area contributed by atoms with Crippen molar-refractivity contribution in [2.24, 2.45) is 15.8 Å². The van der Waals surface area contributed by atoms with Gasteiger partial charge in [-0.3, -0.25) is 4.79 Å². The lowest BCUT2D eigenvalue weighted by molar-refractivity contribution is -0.00810. The number of pyridine rings is 1. The number of hydrogen-bond acceptors (Lipinski definition) is 7. The molecule has 2 aromatic rings. The van der Waals surface area contributed by atoms with Crippen LogP contribution in [0.1, 0.15) is 64.4 Å². The number of carbonyl (C=O) groups excluding carboxylic acids is 2. The van der Waals surface area contributed by atoms with Gasteiger partial charge in [-0.15, -0.1) is 0 Å². The minimum atomic E-state index is -0.529. The smallest absolute Gasteiger partial charge is 0.410 e. The summed E-state index contributed by atoms with van der Waals surface area (Å²) in [7, 11) is 0. The Bertz CT molecular complexity index is 1350. The fraction of sp³-hybridized carbons (Fsp3) is 0.500. The minimum absolute atomic E-state index is 0.254.